The van der Waals surface area contributed by atoms with E-state index < -0.39 is 24.0 Å². The standard InChI is InChI=1S/C19H22N4O4S/c1-27-19(26)14(10-13-4-2-6-20-11-13)22-17(24)15-12-21-7-8-23(15)18(25)16-5-3-9-28-16/h2-6,9,11,14-15,21H,7-8,10,12H2,1H3,(H,22,24)/t14-,15+/m1/s1. The molecule has 3 heterocycles. The molecule has 0 aromatic carbocycles. The number of ether oxygens (including phenoxy) is 1. The second-order valence-corrected chi connectivity index (χ2v) is 7.29. The largest absolute Gasteiger partial charge is 0.467 e. The number of pyridine rings is 1. The van der Waals surface area contributed by atoms with Crippen molar-refractivity contribution in [1.29, 1.82) is 0 Å². The van der Waals surface area contributed by atoms with Gasteiger partial charge < -0.3 is 20.3 Å². The third kappa shape index (κ3) is 4.73. The molecule has 2 atom stereocenters. The van der Waals surface area contributed by atoms with E-state index in [1.165, 1.54) is 18.4 Å². The van der Waals surface area contributed by atoms with E-state index in [0.717, 1.165) is 5.56 Å². The monoisotopic (exact) mass is 402 g/mol. The molecule has 2 aromatic rings. The fourth-order valence-electron chi connectivity index (χ4n) is 3.08. The van der Waals surface area contributed by atoms with E-state index in [2.05, 4.69) is 15.6 Å². The van der Waals surface area contributed by atoms with Crippen molar-refractivity contribution < 1.29 is 19.1 Å². The molecule has 0 unspecified atom stereocenters. The third-order valence-corrected chi connectivity index (χ3v) is 5.36. The van der Waals surface area contributed by atoms with Gasteiger partial charge in [-0.25, -0.2) is 4.79 Å². The van der Waals surface area contributed by atoms with Gasteiger partial charge in [0.05, 0.1) is 12.0 Å². The number of aromatic nitrogens is 1. The Hall–Kier alpha value is -2.78. The van der Waals surface area contributed by atoms with Gasteiger partial charge in [0.1, 0.15) is 12.1 Å². The van der Waals surface area contributed by atoms with E-state index >= 15 is 0 Å². The molecule has 148 valence electrons. The van der Waals surface area contributed by atoms with Crippen molar-refractivity contribution in [3.63, 3.8) is 0 Å². The minimum absolute atomic E-state index is 0.182. The molecule has 28 heavy (non-hydrogen) atoms. The molecule has 2 amide bonds. The van der Waals surface area contributed by atoms with Crippen LogP contribution in [0.5, 0.6) is 0 Å². The summed E-state index contributed by atoms with van der Waals surface area (Å²) in [5.74, 6) is -1.12. The van der Waals surface area contributed by atoms with Gasteiger partial charge in [0.25, 0.3) is 5.91 Å². The zero-order valence-corrected chi connectivity index (χ0v) is 16.3. The van der Waals surface area contributed by atoms with Crippen molar-refractivity contribution in [3.05, 3.63) is 52.5 Å². The van der Waals surface area contributed by atoms with Crippen LogP contribution in [0.25, 0.3) is 0 Å². The Balaban J connectivity index is 1.73. The van der Waals surface area contributed by atoms with Gasteiger partial charge in [-0.15, -0.1) is 11.3 Å². The maximum Gasteiger partial charge on any atom is 0.328 e. The minimum Gasteiger partial charge on any atom is -0.467 e. The molecule has 2 N–H and O–H groups in total. The summed E-state index contributed by atoms with van der Waals surface area (Å²) in [5, 5.41) is 7.70. The van der Waals surface area contributed by atoms with Gasteiger partial charge in [-0.2, -0.15) is 0 Å². The van der Waals surface area contributed by atoms with Crippen molar-refractivity contribution >= 4 is 29.1 Å². The highest BCUT2D eigenvalue weighted by Gasteiger charge is 2.35. The van der Waals surface area contributed by atoms with E-state index in [9.17, 15) is 14.4 Å². The number of rotatable bonds is 6. The van der Waals surface area contributed by atoms with Crippen LogP contribution < -0.4 is 10.6 Å². The molecule has 1 saturated heterocycles. The summed E-state index contributed by atoms with van der Waals surface area (Å²) in [6.07, 6.45) is 3.53. The highest BCUT2D eigenvalue weighted by atomic mass is 32.1. The predicted molar refractivity (Wildman–Crippen MR) is 104 cm³/mol. The topological polar surface area (TPSA) is 101 Å². The summed E-state index contributed by atoms with van der Waals surface area (Å²) >= 11 is 1.34. The number of nitrogens with one attached hydrogen (secondary N) is 2. The van der Waals surface area contributed by atoms with Gasteiger partial charge in [0, 0.05) is 38.4 Å². The normalized spacial score (nSPS) is 17.6. The Morgan fingerprint density at radius 1 is 1.39 bits per heavy atom. The van der Waals surface area contributed by atoms with Gasteiger partial charge in [0.2, 0.25) is 5.91 Å². The molecule has 0 bridgehead atoms. The number of carbonyl (C=O) groups excluding carboxylic acids is 3. The summed E-state index contributed by atoms with van der Waals surface area (Å²) in [7, 11) is 1.28. The zero-order valence-electron chi connectivity index (χ0n) is 15.5. The first kappa shape index (κ1) is 20.0. The molecule has 1 aliphatic heterocycles. The number of amides is 2. The second kappa shape index (κ2) is 9.43. The number of piperazine rings is 1. The SMILES string of the molecule is COC(=O)[C@@H](Cc1cccnc1)NC(=O)[C@@H]1CNCCN1C(=O)c1cccs1. The number of hydrogen-bond donors (Lipinski definition) is 2. The van der Waals surface area contributed by atoms with Gasteiger partial charge >= 0.3 is 5.97 Å². The van der Waals surface area contributed by atoms with E-state index in [-0.39, 0.29) is 12.3 Å². The van der Waals surface area contributed by atoms with E-state index in [1.807, 2.05) is 11.4 Å². The lowest BCUT2D eigenvalue weighted by molar-refractivity contribution is -0.145. The summed E-state index contributed by atoms with van der Waals surface area (Å²) in [6, 6.07) is 5.56. The molecular formula is C19H22N4O4S. The molecule has 8 nitrogen and oxygen atoms in total. The maximum absolute atomic E-state index is 12.9. The number of carbonyl (C=O) groups is 3. The van der Waals surface area contributed by atoms with Crippen LogP contribution >= 0.6 is 11.3 Å². The zero-order chi connectivity index (χ0) is 19.9. The Labute approximate surface area is 166 Å². The van der Waals surface area contributed by atoms with Crippen LogP contribution in [0, 0.1) is 0 Å². The van der Waals surface area contributed by atoms with Gasteiger partial charge in [-0.3, -0.25) is 14.6 Å². The second-order valence-electron chi connectivity index (χ2n) is 6.35. The summed E-state index contributed by atoms with van der Waals surface area (Å²) in [6.45, 7) is 1.35. The highest BCUT2D eigenvalue weighted by molar-refractivity contribution is 7.12. The summed E-state index contributed by atoms with van der Waals surface area (Å²) < 4.78 is 4.84. The number of nitrogens with zero attached hydrogens (tertiary/aromatic N) is 2. The van der Waals surface area contributed by atoms with E-state index in [1.54, 1.807) is 35.5 Å². The fraction of sp³-hybridized carbons (Fsp3) is 0.368. The number of hydrogen-bond acceptors (Lipinski definition) is 7. The minimum atomic E-state index is -0.859. The van der Waals surface area contributed by atoms with Crippen LogP contribution in [0.2, 0.25) is 0 Å². The average Bonchev–Trinajstić information content (AvgIpc) is 3.27. The lowest BCUT2D eigenvalue weighted by Crippen LogP contribution is -2.61. The molecule has 0 radical (unpaired) electrons. The lowest BCUT2D eigenvalue weighted by atomic mass is 10.1. The van der Waals surface area contributed by atoms with Crippen LogP contribution in [0.4, 0.5) is 0 Å². The van der Waals surface area contributed by atoms with Gasteiger partial charge in [-0.05, 0) is 23.1 Å². The number of methoxy groups -OCH3 is 1. The van der Waals surface area contributed by atoms with Crippen molar-refractivity contribution in [2.45, 2.75) is 18.5 Å². The van der Waals surface area contributed by atoms with E-state index in [4.69, 9.17) is 4.74 Å². The summed E-state index contributed by atoms with van der Waals surface area (Å²) in [5.41, 5.74) is 0.798. The molecule has 0 saturated carbocycles. The van der Waals surface area contributed by atoms with Crippen molar-refractivity contribution in [3.8, 4) is 0 Å². The lowest BCUT2D eigenvalue weighted by Gasteiger charge is -2.35. The third-order valence-electron chi connectivity index (χ3n) is 4.50. The van der Waals surface area contributed by atoms with Gasteiger partial charge in [-0.1, -0.05) is 12.1 Å². The first-order valence-corrected chi connectivity index (χ1v) is 9.80. The van der Waals surface area contributed by atoms with Crippen LogP contribution in [0.15, 0.2) is 42.0 Å². The van der Waals surface area contributed by atoms with Crippen LogP contribution in [0.1, 0.15) is 15.2 Å². The highest BCUT2D eigenvalue weighted by Crippen LogP contribution is 2.16. The van der Waals surface area contributed by atoms with Crippen molar-refractivity contribution in [2.24, 2.45) is 0 Å². The first-order chi connectivity index (χ1) is 13.6. The maximum atomic E-state index is 12.9. The molecule has 9 heteroatoms. The molecule has 1 aliphatic rings. The summed E-state index contributed by atoms with van der Waals surface area (Å²) in [4.78, 5) is 44.1. The number of esters is 1. The molecule has 1 fully saturated rings. The van der Waals surface area contributed by atoms with Crippen LogP contribution in [-0.4, -0.2) is 66.5 Å². The Kier molecular flexibility index (Phi) is 6.72. The fourth-order valence-corrected chi connectivity index (χ4v) is 3.76. The smallest absolute Gasteiger partial charge is 0.328 e. The Morgan fingerprint density at radius 3 is 2.93 bits per heavy atom. The van der Waals surface area contributed by atoms with Crippen molar-refractivity contribution in [1.82, 2.24) is 20.5 Å². The first-order valence-electron chi connectivity index (χ1n) is 8.92. The predicted octanol–water partition coefficient (Wildman–Crippen LogP) is 0.458. The molecular weight excluding hydrogens is 380 g/mol. The molecule has 3 rings (SSSR count). The van der Waals surface area contributed by atoms with Crippen LogP contribution in [0.3, 0.4) is 0 Å². The Bertz CT molecular complexity index is 813. The molecule has 0 aliphatic carbocycles. The van der Waals surface area contributed by atoms with Gasteiger partial charge in [0.15, 0.2) is 0 Å². The quantitative estimate of drug-likeness (QED) is 0.681. The number of thiophene rings is 1. The average molecular weight is 402 g/mol. The van der Waals surface area contributed by atoms with Crippen molar-refractivity contribution in [2.75, 3.05) is 26.7 Å². The van der Waals surface area contributed by atoms with Crippen LogP contribution in [-0.2, 0) is 20.7 Å². The molecule has 2 aromatic heterocycles. The Morgan fingerprint density at radius 2 is 2.25 bits per heavy atom. The molecule has 0 spiro atoms. The van der Waals surface area contributed by atoms with E-state index in [0.29, 0.717) is 24.5 Å².